The van der Waals surface area contributed by atoms with Crippen molar-refractivity contribution in [2.24, 2.45) is 0 Å². The van der Waals surface area contributed by atoms with Crippen LogP contribution in [0, 0.1) is 0 Å². The summed E-state index contributed by atoms with van der Waals surface area (Å²) in [5, 5.41) is 12.4. The second-order valence-electron chi connectivity index (χ2n) is 3.57. The minimum absolute atomic E-state index is 0.261. The summed E-state index contributed by atoms with van der Waals surface area (Å²) in [5.41, 5.74) is 0. The second-order valence-corrected chi connectivity index (χ2v) is 3.57. The molecule has 2 unspecified atom stereocenters. The molecule has 2 N–H and O–H groups in total. The van der Waals surface area contributed by atoms with Gasteiger partial charge < -0.3 is 15.2 Å². The van der Waals surface area contributed by atoms with Crippen molar-refractivity contribution in [1.29, 1.82) is 0 Å². The van der Waals surface area contributed by atoms with Crippen molar-refractivity contribution >= 4 is 0 Å². The van der Waals surface area contributed by atoms with E-state index in [9.17, 15) is 0 Å². The van der Waals surface area contributed by atoms with Gasteiger partial charge in [0, 0.05) is 19.7 Å². The number of aliphatic hydroxyl groups excluding tert-OH is 1. The smallest absolute Gasteiger partial charge is 0.0724 e. The molecule has 1 saturated carbocycles. The Morgan fingerprint density at radius 1 is 1.58 bits per heavy atom. The van der Waals surface area contributed by atoms with Crippen LogP contribution in [0.25, 0.3) is 0 Å². The Balaban J connectivity index is 2.21. The molecule has 1 fully saturated rings. The summed E-state index contributed by atoms with van der Waals surface area (Å²) >= 11 is 0. The molecule has 0 aromatic carbocycles. The molecule has 0 bridgehead atoms. The predicted molar refractivity (Wildman–Crippen MR) is 48.1 cm³/mol. The largest absolute Gasteiger partial charge is 0.392 e. The second kappa shape index (κ2) is 4.80. The summed E-state index contributed by atoms with van der Waals surface area (Å²) in [6.07, 6.45) is 3.64. The van der Waals surface area contributed by atoms with Crippen LogP contribution in [0.5, 0.6) is 0 Å². The summed E-state index contributed by atoms with van der Waals surface area (Å²) in [7, 11) is 1.76. The van der Waals surface area contributed by atoms with Gasteiger partial charge in [-0.3, -0.25) is 0 Å². The van der Waals surface area contributed by atoms with Gasteiger partial charge in [0.05, 0.1) is 12.2 Å². The van der Waals surface area contributed by atoms with Gasteiger partial charge in [-0.2, -0.15) is 0 Å². The highest BCUT2D eigenvalue weighted by Gasteiger charge is 2.26. The molecule has 1 rings (SSSR count). The molecule has 0 aliphatic heterocycles. The van der Waals surface area contributed by atoms with Gasteiger partial charge in [-0.05, 0) is 26.2 Å². The molecule has 0 heterocycles. The maximum atomic E-state index is 9.07. The van der Waals surface area contributed by atoms with E-state index in [0.29, 0.717) is 18.7 Å². The number of hydrogen-bond donors (Lipinski definition) is 2. The third-order valence-electron chi connectivity index (χ3n) is 2.43. The molecular formula is C9H19NO2. The number of methoxy groups -OCH3 is 1. The van der Waals surface area contributed by atoms with Crippen LogP contribution in [0.4, 0.5) is 0 Å². The highest BCUT2D eigenvalue weighted by Crippen LogP contribution is 2.21. The minimum atomic E-state index is -0.261. The van der Waals surface area contributed by atoms with Gasteiger partial charge in [0.2, 0.25) is 0 Å². The molecular weight excluding hydrogens is 154 g/mol. The average Bonchev–Trinajstić information content (AvgIpc) is 2.47. The summed E-state index contributed by atoms with van der Waals surface area (Å²) < 4.78 is 5.31. The first-order valence-electron chi connectivity index (χ1n) is 4.68. The van der Waals surface area contributed by atoms with Crippen LogP contribution in [-0.4, -0.2) is 37.0 Å². The summed E-state index contributed by atoms with van der Waals surface area (Å²) in [6.45, 7) is 2.47. The molecule has 0 aromatic heterocycles. The van der Waals surface area contributed by atoms with E-state index in [1.165, 1.54) is 12.8 Å². The molecule has 3 atom stereocenters. The lowest BCUT2D eigenvalue weighted by Gasteiger charge is -2.20. The monoisotopic (exact) mass is 173 g/mol. The molecule has 0 saturated heterocycles. The first kappa shape index (κ1) is 9.96. The normalized spacial score (nSPS) is 32.2. The first-order chi connectivity index (χ1) is 5.74. The van der Waals surface area contributed by atoms with Crippen molar-refractivity contribution in [3.8, 4) is 0 Å². The summed E-state index contributed by atoms with van der Waals surface area (Å²) in [4.78, 5) is 0. The fourth-order valence-corrected chi connectivity index (χ4v) is 1.76. The van der Waals surface area contributed by atoms with E-state index < -0.39 is 0 Å². The highest BCUT2D eigenvalue weighted by molar-refractivity contribution is 4.84. The number of aliphatic hydroxyl groups is 1. The van der Waals surface area contributed by atoms with Gasteiger partial charge >= 0.3 is 0 Å². The van der Waals surface area contributed by atoms with Crippen LogP contribution < -0.4 is 5.32 Å². The lowest BCUT2D eigenvalue weighted by Crippen LogP contribution is -2.40. The van der Waals surface area contributed by atoms with Crippen LogP contribution >= 0.6 is 0 Å². The fraction of sp³-hybridized carbons (Fsp3) is 1.00. The van der Waals surface area contributed by atoms with E-state index in [1.807, 2.05) is 0 Å². The minimum Gasteiger partial charge on any atom is -0.392 e. The van der Waals surface area contributed by atoms with E-state index in [1.54, 1.807) is 14.0 Å². The number of nitrogens with one attached hydrogen (secondary N) is 1. The highest BCUT2D eigenvalue weighted by atomic mass is 16.5. The topological polar surface area (TPSA) is 41.5 Å². The standard InChI is InChI=1S/C9H19NO2/c1-7(11)6-10-8-4-3-5-9(8)12-2/h7-11H,3-6H2,1-2H3/t7-,8?,9?/m0/s1. The SMILES string of the molecule is COC1CCCC1NC[C@H](C)O. The summed E-state index contributed by atoms with van der Waals surface area (Å²) in [5.74, 6) is 0. The van der Waals surface area contributed by atoms with E-state index in [0.717, 1.165) is 6.42 Å². The van der Waals surface area contributed by atoms with Gasteiger partial charge in [-0.25, -0.2) is 0 Å². The zero-order valence-corrected chi connectivity index (χ0v) is 7.92. The number of ether oxygens (including phenoxy) is 1. The Kier molecular flexibility index (Phi) is 3.98. The van der Waals surface area contributed by atoms with Gasteiger partial charge in [0.25, 0.3) is 0 Å². The zero-order chi connectivity index (χ0) is 8.97. The Bertz CT molecular complexity index is 128. The molecule has 72 valence electrons. The maximum Gasteiger partial charge on any atom is 0.0724 e. The van der Waals surface area contributed by atoms with E-state index in [-0.39, 0.29) is 6.10 Å². The van der Waals surface area contributed by atoms with Crippen LogP contribution in [0.2, 0.25) is 0 Å². The molecule has 3 nitrogen and oxygen atoms in total. The first-order valence-corrected chi connectivity index (χ1v) is 4.68. The van der Waals surface area contributed by atoms with E-state index in [2.05, 4.69) is 5.32 Å². The van der Waals surface area contributed by atoms with Crippen LogP contribution in [-0.2, 0) is 4.74 Å². The van der Waals surface area contributed by atoms with Crippen LogP contribution in [0.3, 0.4) is 0 Å². The fourth-order valence-electron chi connectivity index (χ4n) is 1.76. The lowest BCUT2D eigenvalue weighted by molar-refractivity contribution is 0.0795. The van der Waals surface area contributed by atoms with Gasteiger partial charge in [-0.15, -0.1) is 0 Å². The third-order valence-corrected chi connectivity index (χ3v) is 2.43. The van der Waals surface area contributed by atoms with E-state index >= 15 is 0 Å². The summed E-state index contributed by atoms with van der Waals surface area (Å²) in [6, 6.07) is 0.449. The van der Waals surface area contributed by atoms with Gasteiger partial charge in [0.1, 0.15) is 0 Å². The van der Waals surface area contributed by atoms with Gasteiger partial charge in [-0.1, -0.05) is 0 Å². The Hall–Kier alpha value is -0.120. The van der Waals surface area contributed by atoms with Crippen molar-refractivity contribution in [1.82, 2.24) is 5.32 Å². The molecule has 0 amide bonds. The molecule has 12 heavy (non-hydrogen) atoms. The van der Waals surface area contributed by atoms with Crippen molar-refractivity contribution in [2.75, 3.05) is 13.7 Å². The molecule has 3 heteroatoms. The van der Waals surface area contributed by atoms with E-state index in [4.69, 9.17) is 9.84 Å². The molecule has 0 aromatic rings. The maximum absolute atomic E-state index is 9.07. The quantitative estimate of drug-likeness (QED) is 0.651. The van der Waals surface area contributed by atoms with Crippen LogP contribution in [0.1, 0.15) is 26.2 Å². The molecule has 1 aliphatic carbocycles. The molecule has 1 aliphatic rings. The van der Waals surface area contributed by atoms with Gasteiger partial charge in [0.15, 0.2) is 0 Å². The third kappa shape index (κ3) is 2.73. The Labute approximate surface area is 74.1 Å². The molecule has 0 spiro atoms. The average molecular weight is 173 g/mol. The van der Waals surface area contributed by atoms with Crippen molar-refractivity contribution in [3.05, 3.63) is 0 Å². The Morgan fingerprint density at radius 3 is 2.92 bits per heavy atom. The van der Waals surface area contributed by atoms with Crippen LogP contribution in [0.15, 0.2) is 0 Å². The number of hydrogen-bond acceptors (Lipinski definition) is 3. The molecule has 0 radical (unpaired) electrons. The van der Waals surface area contributed by atoms with Crippen molar-refractivity contribution in [3.63, 3.8) is 0 Å². The van der Waals surface area contributed by atoms with Crippen molar-refractivity contribution < 1.29 is 9.84 Å². The predicted octanol–water partition coefficient (Wildman–Crippen LogP) is 0.524. The lowest BCUT2D eigenvalue weighted by atomic mass is 10.2. The number of rotatable bonds is 4. The Morgan fingerprint density at radius 2 is 2.33 bits per heavy atom. The zero-order valence-electron chi connectivity index (χ0n) is 7.92. The van der Waals surface area contributed by atoms with Crippen molar-refractivity contribution in [2.45, 2.75) is 44.4 Å².